The van der Waals surface area contributed by atoms with Crippen LogP contribution in [-0.2, 0) is 0 Å². The van der Waals surface area contributed by atoms with Crippen LogP contribution in [0.4, 0.5) is 0 Å². The van der Waals surface area contributed by atoms with Gasteiger partial charge in [0.05, 0.1) is 12.3 Å². The zero-order chi connectivity index (χ0) is 13.0. The van der Waals surface area contributed by atoms with Crippen LogP contribution >= 0.6 is 29.9 Å². The van der Waals surface area contributed by atoms with E-state index in [4.69, 9.17) is 0 Å². The maximum absolute atomic E-state index is 2.55. The molecule has 0 aliphatic heterocycles. The van der Waals surface area contributed by atoms with Crippen molar-refractivity contribution in [1.82, 2.24) is 0 Å². The zero-order valence-corrected chi connectivity index (χ0v) is 15.1. The average molecular weight is 369 g/mol. The molecular formula is C15H31IP+. The molecule has 102 valence electrons. The van der Waals surface area contributed by atoms with Crippen LogP contribution in [-0.4, -0.2) is 25.7 Å². The maximum Gasteiger partial charge on any atom is 0.0591 e. The van der Waals surface area contributed by atoms with Gasteiger partial charge in [-0.3, -0.25) is 0 Å². The normalized spacial score (nSPS) is 12.5. The van der Waals surface area contributed by atoms with E-state index in [-0.39, 0.29) is 0 Å². The van der Waals surface area contributed by atoms with Gasteiger partial charge in [-0.1, -0.05) is 61.3 Å². The van der Waals surface area contributed by atoms with Gasteiger partial charge in [-0.25, -0.2) is 0 Å². The van der Waals surface area contributed by atoms with Gasteiger partial charge < -0.3 is 0 Å². The zero-order valence-electron chi connectivity index (χ0n) is 12.1. The summed E-state index contributed by atoms with van der Waals surface area (Å²) in [6.07, 6.45) is 16.6. The van der Waals surface area contributed by atoms with Crippen LogP contribution in [0.1, 0.15) is 58.3 Å². The van der Waals surface area contributed by atoms with Crippen molar-refractivity contribution in [2.45, 2.75) is 58.3 Å². The summed E-state index contributed by atoms with van der Waals surface area (Å²) in [5.74, 6) is 0. The molecule has 0 saturated carbocycles. The summed E-state index contributed by atoms with van der Waals surface area (Å²) >= 11 is 2.32. The van der Waals surface area contributed by atoms with Crippen molar-refractivity contribution in [3.05, 3.63) is 10.2 Å². The Morgan fingerprint density at radius 2 is 1.47 bits per heavy atom. The van der Waals surface area contributed by atoms with Crippen molar-refractivity contribution in [2.75, 3.05) is 25.7 Å². The van der Waals surface area contributed by atoms with Crippen LogP contribution in [0.5, 0.6) is 0 Å². The predicted octanol–water partition coefficient (Wildman–Crippen LogP) is 6.35. The highest BCUT2D eigenvalue weighted by Gasteiger charge is 2.22. The first-order valence-corrected chi connectivity index (χ1v) is 11.5. The molecule has 0 aromatic carbocycles. The lowest BCUT2D eigenvalue weighted by Gasteiger charge is -2.17. The van der Waals surface area contributed by atoms with Crippen molar-refractivity contribution in [1.29, 1.82) is 0 Å². The van der Waals surface area contributed by atoms with Crippen molar-refractivity contribution in [2.24, 2.45) is 0 Å². The fraction of sp³-hybridized carbons (Fsp3) is 0.867. The van der Waals surface area contributed by atoms with E-state index < -0.39 is 7.26 Å². The molecule has 0 spiro atoms. The predicted molar refractivity (Wildman–Crippen MR) is 94.3 cm³/mol. The van der Waals surface area contributed by atoms with Crippen LogP contribution in [0.2, 0.25) is 0 Å². The van der Waals surface area contributed by atoms with Gasteiger partial charge in [0, 0.05) is 20.6 Å². The Balaban J connectivity index is 3.43. The maximum atomic E-state index is 2.55. The second-order valence-electron chi connectivity index (χ2n) is 5.65. The molecule has 0 saturated heterocycles. The van der Waals surface area contributed by atoms with E-state index in [0.29, 0.717) is 0 Å². The third-order valence-electron chi connectivity index (χ3n) is 3.34. The Hall–Kier alpha value is 0.900. The molecule has 17 heavy (non-hydrogen) atoms. The van der Waals surface area contributed by atoms with Crippen LogP contribution in [0.15, 0.2) is 10.2 Å². The Kier molecular flexibility index (Phi) is 12.6. The third kappa shape index (κ3) is 13.1. The van der Waals surface area contributed by atoms with Crippen molar-refractivity contribution in [3.63, 3.8) is 0 Å². The van der Waals surface area contributed by atoms with E-state index in [1.165, 1.54) is 63.7 Å². The fourth-order valence-electron chi connectivity index (χ4n) is 2.13. The second-order valence-corrected chi connectivity index (χ2v) is 11.1. The topological polar surface area (TPSA) is 0 Å². The van der Waals surface area contributed by atoms with Crippen molar-refractivity contribution in [3.8, 4) is 0 Å². The van der Waals surface area contributed by atoms with E-state index in [9.17, 15) is 0 Å². The first kappa shape index (κ1) is 17.9. The average Bonchev–Trinajstić information content (AvgIpc) is 2.29. The molecule has 0 radical (unpaired) electrons. The second kappa shape index (κ2) is 12.0. The van der Waals surface area contributed by atoms with Gasteiger partial charge in [0.1, 0.15) is 0 Å². The molecular weight excluding hydrogens is 338 g/mol. The summed E-state index contributed by atoms with van der Waals surface area (Å²) in [5, 5.41) is 0. The first-order chi connectivity index (χ1) is 8.12. The Labute approximate surface area is 124 Å². The van der Waals surface area contributed by atoms with E-state index >= 15 is 0 Å². The molecule has 0 atom stereocenters. The first-order valence-electron chi connectivity index (χ1n) is 7.19. The van der Waals surface area contributed by atoms with E-state index in [0.717, 1.165) is 0 Å². The highest BCUT2D eigenvalue weighted by Crippen LogP contribution is 2.52. The summed E-state index contributed by atoms with van der Waals surface area (Å²) in [4.78, 5) is 0. The molecule has 0 fully saturated rings. The number of allylic oxidation sites excluding steroid dienone is 1. The molecule has 0 aliphatic carbocycles. The molecule has 0 rings (SSSR count). The molecule has 0 aromatic rings. The molecule has 0 unspecified atom stereocenters. The largest absolute Gasteiger partial charge is 0.0783 e. The lowest BCUT2D eigenvalue weighted by molar-refractivity contribution is 0.625. The number of hydrogen-bond acceptors (Lipinski definition) is 0. The van der Waals surface area contributed by atoms with Gasteiger partial charge in [0.25, 0.3) is 0 Å². The van der Waals surface area contributed by atoms with E-state index in [1.807, 2.05) is 0 Å². The highest BCUT2D eigenvalue weighted by atomic mass is 127. The number of rotatable bonds is 11. The van der Waals surface area contributed by atoms with Gasteiger partial charge >= 0.3 is 0 Å². The van der Waals surface area contributed by atoms with Crippen LogP contribution in [0, 0.1) is 0 Å². The Bertz CT molecular complexity index is 187. The lowest BCUT2D eigenvalue weighted by Crippen LogP contribution is -2.00. The smallest absolute Gasteiger partial charge is 0.0591 e. The molecule has 0 bridgehead atoms. The van der Waals surface area contributed by atoms with Gasteiger partial charge in [-0.2, -0.15) is 0 Å². The summed E-state index contributed by atoms with van der Waals surface area (Å²) in [6.45, 7) is 7.39. The summed E-state index contributed by atoms with van der Waals surface area (Å²) in [5.41, 5.74) is 0. The quantitative estimate of drug-likeness (QED) is 0.226. The SMILES string of the molecule is CCCCCCCC[P+](C)(C)CCC/C=C/I. The van der Waals surface area contributed by atoms with E-state index in [1.54, 1.807) is 0 Å². The molecule has 0 aliphatic rings. The van der Waals surface area contributed by atoms with Gasteiger partial charge in [0.2, 0.25) is 0 Å². The number of hydrogen-bond donors (Lipinski definition) is 0. The summed E-state index contributed by atoms with van der Waals surface area (Å²) in [7, 11) is -0.575. The molecule has 0 heterocycles. The van der Waals surface area contributed by atoms with Crippen LogP contribution < -0.4 is 0 Å². The summed E-state index contributed by atoms with van der Waals surface area (Å²) < 4.78 is 2.15. The minimum atomic E-state index is -0.575. The monoisotopic (exact) mass is 369 g/mol. The van der Waals surface area contributed by atoms with E-state index in [2.05, 4.69) is 53.0 Å². The highest BCUT2D eigenvalue weighted by molar-refractivity contribution is 14.1. The number of unbranched alkanes of at least 4 members (excludes halogenated alkanes) is 6. The minimum absolute atomic E-state index is 0.575. The van der Waals surface area contributed by atoms with Crippen molar-refractivity contribution >= 4 is 29.9 Å². The number of halogens is 1. The standard InChI is InChI=1S/C15H31IP/c1-4-5-6-7-8-11-14-17(2,3)15-12-9-10-13-16/h10,13H,4-9,11-12,14-15H2,1-3H3/q+1/b13-10+. The molecule has 0 nitrogen and oxygen atoms in total. The lowest BCUT2D eigenvalue weighted by atomic mass is 10.1. The Morgan fingerprint density at radius 1 is 0.882 bits per heavy atom. The van der Waals surface area contributed by atoms with Crippen LogP contribution in [0.25, 0.3) is 0 Å². The molecule has 0 aromatic heterocycles. The van der Waals surface area contributed by atoms with Gasteiger partial charge in [-0.05, 0) is 29.8 Å². The van der Waals surface area contributed by atoms with Crippen LogP contribution in [0.3, 0.4) is 0 Å². The van der Waals surface area contributed by atoms with Crippen molar-refractivity contribution < 1.29 is 0 Å². The van der Waals surface area contributed by atoms with Gasteiger partial charge in [-0.15, -0.1) is 0 Å². The summed E-state index contributed by atoms with van der Waals surface area (Å²) in [6, 6.07) is 0. The fourth-order valence-corrected chi connectivity index (χ4v) is 4.83. The Morgan fingerprint density at radius 3 is 2.12 bits per heavy atom. The minimum Gasteiger partial charge on any atom is -0.0783 e. The molecule has 2 heteroatoms. The van der Waals surface area contributed by atoms with Gasteiger partial charge in [0.15, 0.2) is 0 Å². The molecule has 0 amide bonds. The molecule has 0 N–H and O–H groups in total. The third-order valence-corrected chi connectivity index (χ3v) is 6.90.